The lowest BCUT2D eigenvalue weighted by Crippen LogP contribution is -2.19. The van der Waals surface area contributed by atoms with Gasteiger partial charge in [-0.25, -0.2) is 0 Å². The molecule has 19 heavy (non-hydrogen) atoms. The second-order valence-corrected chi connectivity index (χ2v) is 4.66. The number of amides is 2. The predicted octanol–water partition coefficient (Wildman–Crippen LogP) is 1.84. The smallest absolute Gasteiger partial charge is 0.249 e. The molecule has 0 radical (unpaired) electrons. The van der Waals surface area contributed by atoms with E-state index in [1.165, 1.54) is 0 Å². The molecule has 0 saturated carbocycles. The standard InChI is InChI=1S/C15H12N2O2/c1-7-10(14(16)18)6-11-8-3-2-4-9(5-8)13(11)12(7)15(17)19/h2-6H,1H3,(H2,16,18)(H2,17,19). The minimum Gasteiger partial charge on any atom is -0.366 e. The lowest BCUT2D eigenvalue weighted by molar-refractivity contribution is 0.0999. The summed E-state index contributed by atoms with van der Waals surface area (Å²) >= 11 is 0. The molecule has 2 bridgehead atoms. The first-order valence-electron chi connectivity index (χ1n) is 5.88. The molecule has 4 N–H and O–H groups in total. The summed E-state index contributed by atoms with van der Waals surface area (Å²) in [6.07, 6.45) is 0. The summed E-state index contributed by atoms with van der Waals surface area (Å²) in [5.74, 6) is -1.10. The molecule has 0 unspecified atom stereocenters. The first kappa shape index (κ1) is 11.5. The summed E-state index contributed by atoms with van der Waals surface area (Å²) in [7, 11) is 0. The molecule has 3 rings (SSSR count). The van der Waals surface area contributed by atoms with Crippen LogP contribution in [0.4, 0.5) is 0 Å². The number of carbonyl (C=O) groups is 2. The van der Waals surface area contributed by atoms with Gasteiger partial charge in [0.05, 0.1) is 5.56 Å². The van der Waals surface area contributed by atoms with Crippen molar-refractivity contribution in [1.82, 2.24) is 0 Å². The Morgan fingerprint density at radius 3 is 2.32 bits per heavy atom. The Labute approximate surface area is 110 Å². The molecule has 2 aromatic carbocycles. The summed E-state index contributed by atoms with van der Waals surface area (Å²) in [5.41, 5.74) is 15.7. The number of rotatable bonds is 2. The maximum absolute atomic E-state index is 11.7. The van der Waals surface area contributed by atoms with Crippen LogP contribution in [0.2, 0.25) is 0 Å². The SMILES string of the molecule is Cc1c(C(N)=O)cc2c(c1C(N)=O)-c1cccc-2c1. The monoisotopic (exact) mass is 252 g/mol. The third kappa shape index (κ3) is 1.46. The van der Waals surface area contributed by atoms with Crippen LogP contribution in [0.25, 0.3) is 22.3 Å². The number of hydrogen-bond donors (Lipinski definition) is 2. The van der Waals surface area contributed by atoms with E-state index in [0.717, 1.165) is 22.3 Å². The zero-order chi connectivity index (χ0) is 13.7. The van der Waals surface area contributed by atoms with Gasteiger partial charge in [0, 0.05) is 11.1 Å². The number of fused-ring (bicyclic) bond motifs is 5. The van der Waals surface area contributed by atoms with Crippen LogP contribution < -0.4 is 11.5 Å². The van der Waals surface area contributed by atoms with Gasteiger partial charge in [0.1, 0.15) is 0 Å². The molecule has 0 aromatic heterocycles. The number of primary amides is 2. The Bertz CT molecular complexity index is 748. The van der Waals surface area contributed by atoms with Gasteiger partial charge < -0.3 is 11.5 Å². The van der Waals surface area contributed by atoms with Crippen LogP contribution in [0.3, 0.4) is 0 Å². The Balaban J connectivity index is 2.46. The second-order valence-electron chi connectivity index (χ2n) is 4.66. The highest BCUT2D eigenvalue weighted by Crippen LogP contribution is 2.44. The van der Waals surface area contributed by atoms with E-state index in [9.17, 15) is 9.59 Å². The van der Waals surface area contributed by atoms with E-state index in [4.69, 9.17) is 11.5 Å². The van der Waals surface area contributed by atoms with Crippen LogP contribution in [0.1, 0.15) is 26.3 Å². The maximum atomic E-state index is 11.7. The molecule has 2 aromatic rings. The third-order valence-electron chi connectivity index (χ3n) is 3.56. The van der Waals surface area contributed by atoms with E-state index >= 15 is 0 Å². The van der Waals surface area contributed by atoms with Crippen LogP contribution in [-0.4, -0.2) is 11.8 Å². The van der Waals surface area contributed by atoms with Gasteiger partial charge in [-0.05, 0) is 41.3 Å². The van der Waals surface area contributed by atoms with E-state index in [2.05, 4.69) is 0 Å². The lowest BCUT2D eigenvalue weighted by atomic mass is 9.90. The van der Waals surface area contributed by atoms with Crippen molar-refractivity contribution in [2.24, 2.45) is 11.5 Å². The highest BCUT2D eigenvalue weighted by atomic mass is 16.1. The van der Waals surface area contributed by atoms with E-state index < -0.39 is 11.8 Å². The van der Waals surface area contributed by atoms with Crippen molar-refractivity contribution in [2.45, 2.75) is 6.92 Å². The van der Waals surface area contributed by atoms with Crippen LogP contribution in [0.15, 0.2) is 30.3 Å². The third-order valence-corrected chi connectivity index (χ3v) is 3.56. The molecule has 0 fully saturated rings. The van der Waals surface area contributed by atoms with Crippen molar-refractivity contribution in [3.8, 4) is 22.3 Å². The maximum Gasteiger partial charge on any atom is 0.249 e. The molecule has 4 nitrogen and oxygen atoms in total. The topological polar surface area (TPSA) is 86.2 Å². The molecule has 0 spiro atoms. The van der Waals surface area contributed by atoms with Gasteiger partial charge in [0.15, 0.2) is 0 Å². The van der Waals surface area contributed by atoms with Crippen molar-refractivity contribution in [2.75, 3.05) is 0 Å². The zero-order valence-corrected chi connectivity index (χ0v) is 10.4. The fraction of sp³-hybridized carbons (Fsp3) is 0.0667. The molecule has 0 heterocycles. The lowest BCUT2D eigenvalue weighted by Gasteiger charge is -2.13. The number of nitrogens with two attached hydrogens (primary N) is 2. The average Bonchev–Trinajstić information content (AvgIpc) is 2.59. The number of hydrogen-bond acceptors (Lipinski definition) is 2. The van der Waals surface area contributed by atoms with Gasteiger partial charge in [0.2, 0.25) is 11.8 Å². The average molecular weight is 252 g/mol. The van der Waals surface area contributed by atoms with Gasteiger partial charge in [-0.1, -0.05) is 18.2 Å². The van der Waals surface area contributed by atoms with E-state index in [-0.39, 0.29) is 0 Å². The fourth-order valence-corrected chi connectivity index (χ4v) is 2.72. The predicted molar refractivity (Wildman–Crippen MR) is 72.6 cm³/mol. The van der Waals surface area contributed by atoms with Crippen molar-refractivity contribution < 1.29 is 9.59 Å². The molecule has 4 heteroatoms. The van der Waals surface area contributed by atoms with Gasteiger partial charge in [-0.3, -0.25) is 9.59 Å². The van der Waals surface area contributed by atoms with Crippen LogP contribution in [0.5, 0.6) is 0 Å². The Kier molecular flexibility index (Phi) is 2.22. The molecule has 2 amide bonds. The Morgan fingerprint density at radius 2 is 1.68 bits per heavy atom. The summed E-state index contributed by atoms with van der Waals surface area (Å²) in [6.45, 7) is 1.70. The first-order valence-corrected chi connectivity index (χ1v) is 5.88. The van der Waals surface area contributed by atoms with E-state index in [0.29, 0.717) is 16.7 Å². The van der Waals surface area contributed by atoms with Gasteiger partial charge in [-0.2, -0.15) is 0 Å². The zero-order valence-electron chi connectivity index (χ0n) is 10.4. The summed E-state index contributed by atoms with van der Waals surface area (Å²) in [6, 6.07) is 9.48. The van der Waals surface area contributed by atoms with Crippen molar-refractivity contribution in [3.05, 3.63) is 47.0 Å². The van der Waals surface area contributed by atoms with Crippen LogP contribution >= 0.6 is 0 Å². The van der Waals surface area contributed by atoms with Gasteiger partial charge in [-0.15, -0.1) is 0 Å². The highest BCUT2D eigenvalue weighted by Gasteiger charge is 2.26. The van der Waals surface area contributed by atoms with Crippen LogP contribution in [-0.2, 0) is 0 Å². The number of carbonyl (C=O) groups excluding carboxylic acids is 2. The minimum absolute atomic E-state index is 0.343. The second kappa shape index (κ2) is 3.68. The Morgan fingerprint density at radius 1 is 1.00 bits per heavy atom. The minimum atomic E-state index is -0.553. The van der Waals surface area contributed by atoms with Crippen molar-refractivity contribution in [3.63, 3.8) is 0 Å². The van der Waals surface area contributed by atoms with Gasteiger partial charge in [0.25, 0.3) is 0 Å². The molecule has 94 valence electrons. The molecular formula is C15H12N2O2. The fourth-order valence-electron chi connectivity index (χ4n) is 2.72. The van der Waals surface area contributed by atoms with E-state index in [1.54, 1.807) is 13.0 Å². The largest absolute Gasteiger partial charge is 0.366 e. The Hall–Kier alpha value is -2.62. The van der Waals surface area contributed by atoms with E-state index in [1.807, 2.05) is 24.3 Å². The summed E-state index contributed by atoms with van der Waals surface area (Å²) in [5, 5.41) is 0. The van der Waals surface area contributed by atoms with Crippen molar-refractivity contribution >= 4 is 11.8 Å². The number of benzene rings is 2. The first-order chi connectivity index (χ1) is 9.00. The molecule has 0 saturated heterocycles. The summed E-state index contributed by atoms with van der Waals surface area (Å²) in [4.78, 5) is 23.3. The van der Waals surface area contributed by atoms with Gasteiger partial charge >= 0.3 is 0 Å². The van der Waals surface area contributed by atoms with Crippen LogP contribution in [0, 0.1) is 6.92 Å². The summed E-state index contributed by atoms with van der Waals surface area (Å²) < 4.78 is 0. The molecule has 0 aliphatic heterocycles. The molecule has 1 aliphatic carbocycles. The molecular weight excluding hydrogens is 240 g/mol. The quantitative estimate of drug-likeness (QED) is 0.729. The van der Waals surface area contributed by atoms with Crippen molar-refractivity contribution in [1.29, 1.82) is 0 Å². The normalized spacial score (nSPS) is 11.2. The molecule has 0 atom stereocenters. The molecule has 1 aliphatic rings. The highest BCUT2D eigenvalue weighted by molar-refractivity contribution is 6.11.